The van der Waals surface area contributed by atoms with Crippen LogP contribution in [0.4, 0.5) is 10.1 Å². The van der Waals surface area contributed by atoms with Crippen LogP contribution in [0.2, 0.25) is 0 Å². The Kier molecular flexibility index (Phi) is 7.52. The number of halogens is 1. The molecule has 1 N–H and O–H groups in total. The van der Waals surface area contributed by atoms with E-state index in [4.69, 9.17) is 4.74 Å². The Labute approximate surface area is 215 Å². The van der Waals surface area contributed by atoms with Crippen LogP contribution in [0.25, 0.3) is 11.0 Å². The first-order chi connectivity index (χ1) is 17.7. The number of anilines is 1. The molecule has 1 heterocycles. The highest BCUT2D eigenvalue weighted by Gasteiger charge is 2.36. The van der Waals surface area contributed by atoms with E-state index in [1.165, 1.54) is 28.8 Å². The zero-order valence-electron chi connectivity index (χ0n) is 21.3. The van der Waals surface area contributed by atoms with Crippen LogP contribution in [0.3, 0.4) is 0 Å². The van der Waals surface area contributed by atoms with Crippen LogP contribution < -0.4 is 15.0 Å². The van der Waals surface area contributed by atoms with Crippen LogP contribution in [0.15, 0.2) is 72.8 Å². The highest BCUT2D eigenvalue weighted by molar-refractivity contribution is 6.01. The van der Waals surface area contributed by atoms with Crippen LogP contribution >= 0.6 is 0 Å². The molecule has 4 rings (SSSR count). The number of fused-ring (bicyclic) bond motifs is 1. The van der Waals surface area contributed by atoms with Gasteiger partial charge in [0.2, 0.25) is 11.8 Å². The van der Waals surface area contributed by atoms with Crippen LogP contribution in [0.1, 0.15) is 38.8 Å². The first kappa shape index (κ1) is 25.8. The Morgan fingerprint density at radius 1 is 1.05 bits per heavy atom. The second kappa shape index (κ2) is 10.8. The highest BCUT2D eigenvalue weighted by Crippen LogP contribution is 2.32. The average Bonchev–Trinajstić information content (AvgIpc) is 3.30. The molecule has 1 atom stereocenters. The largest absolute Gasteiger partial charge is 0.497 e. The van der Waals surface area contributed by atoms with E-state index in [2.05, 4.69) is 15.6 Å². The van der Waals surface area contributed by atoms with Crippen molar-refractivity contribution in [3.63, 3.8) is 0 Å². The maximum atomic E-state index is 15.2. The summed E-state index contributed by atoms with van der Waals surface area (Å²) in [6, 6.07) is 18.7. The zero-order valence-corrected chi connectivity index (χ0v) is 21.3. The number of carbonyl (C=O) groups is 2. The molecule has 0 unspecified atom stereocenters. The van der Waals surface area contributed by atoms with Crippen molar-refractivity contribution < 1.29 is 18.7 Å². The molecule has 8 nitrogen and oxygen atoms in total. The van der Waals surface area contributed by atoms with Crippen molar-refractivity contribution in [2.75, 3.05) is 12.0 Å². The van der Waals surface area contributed by atoms with Crippen molar-refractivity contribution in [2.45, 2.75) is 45.3 Å². The summed E-state index contributed by atoms with van der Waals surface area (Å²) in [4.78, 5) is 29.1. The highest BCUT2D eigenvalue weighted by atomic mass is 19.1. The molecular formula is C28H30FN5O3. The number of hydrogen-bond donors (Lipinski definition) is 1. The van der Waals surface area contributed by atoms with Crippen LogP contribution in [0.5, 0.6) is 5.75 Å². The summed E-state index contributed by atoms with van der Waals surface area (Å²) in [5.41, 5.74) is 1.23. The van der Waals surface area contributed by atoms with E-state index in [-0.39, 0.29) is 12.1 Å². The minimum atomic E-state index is -1.28. The van der Waals surface area contributed by atoms with Crippen LogP contribution in [-0.2, 0) is 16.1 Å². The number of para-hydroxylation sites is 1. The van der Waals surface area contributed by atoms with Crippen molar-refractivity contribution in [1.29, 1.82) is 0 Å². The lowest BCUT2D eigenvalue weighted by atomic mass is 9.98. The zero-order chi connectivity index (χ0) is 26.6. The summed E-state index contributed by atoms with van der Waals surface area (Å²) in [7, 11) is 1.54. The Hall–Kier alpha value is -4.27. The minimum absolute atomic E-state index is 0.0829. The molecule has 0 saturated heterocycles. The summed E-state index contributed by atoms with van der Waals surface area (Å²) >= 11 is 0. The van der Waals surface area contributed by atoms with Crippen molar-refractivity contribution in [1.82, 2.24) is 20.3 Å². The molecule has 0 radical (unpaired) electrons. The van der Waals surface area contributed by atoms with Gasteiger partial charge in [-0.05, 0) is 62.7 Å². The lowest BCUT2D eigenvalue weighted by molar-refractivity contribution is -0.128. The topological polar surface area (TPSA) is 89.4 Å². The van der Waals surface area contributed by atoms with Gasteiger partial charge in [-0.25, -0.2) is 9.07 Å². The third-order valence-corrected chi connectivity index (χ3v) is 6.38. The molecule has 0 aliphatic heterocycles. The van der Waals surface area contributed by atoms with E-state index in [0.717, 1.165) is 0 Å². The molecule has 0 saturated carbocycles. The number of amides is 2. The maximum Gasteiger partial charge on any atom is 0.249 e. The average molecular weight is 504 g/mol. The third kappa shape index (κ3) is 5.61. The third-order valence-electron chi connectivity index (χ3n) is 6.38. The normalized spacial score (nSPS) is 12.2. The quantitative estimate of drug-likeness (QED) is 0.359. The summed E-state index contributed by atoms with van der Waals surface area (Å²) in [5, 5.41) is 11.2. The van der Waals surface area contributed by atoms with Gasteiger partial charge in [0.05, 0.1) is 12.6 Å². The van der Waals surface area contributed by atoms with Gasteiger partial charge < -0.3 is 10.1 Å². The first-order valence-electron chi connectivity index (χ1n) is 12.0. The summed E-state index contributed by atoms with van der Waals surface area (Å²) in [6.45, 7) is 5.50. The standard InChI is InChI=1S/C28H30FN5O3/c1-5-28(2,3)30-27(36)26(21-10-6-7-11-22(21)29)34(19-14-16-20(37-4)17-15-19)25(35)18-33-24-13-9-8-12-23(24)31-32-33/h6-17,26H,5,18H2,1-4H3,(H,30,36)/t26-/m0/s1. The molecule has 0 spiro atoms. The number of carbonyl (C=O) groups excluding carboxylic acids is 2. The fraction of sp³-hybridized carbons (Fsp3) is 0.286. The summed E-state index contributed by atoms with van der Waals surface area (Å²) < 4.78 is 21.9. The van der Waals surface area contributed by atoms with Gasteiger partial charge in [0.1, 0.15) is 29.7 Å². The van der Waals surface area contributed by atoms with Gasteiger partial charge in [0.25, 0.3) is 0 Å². The van der Waals surface area contributed by atoms with E-state index in [1.54, 1.807) is 42.5 Å². The monoisotopic (exact) mass is 503 g/mol. The molecule has 37 heavy (non-hydrogen) atoms. The number of methoxy groups -OCH3 is 1. The molecule has 3 aromatic carbocycles. The molecular weight excluding hydrogens is 473 g/mol. The molecule has 0 aliphatic rings. The van der Waals surface area contributed by atoms with Gasteiger partial charge in [-0.2, -0.15) is 0 Å². The van der Waals surface area contributed by atoms with Gasteiger partial charge in [-0.3, -0.25) is 14.5 Å². The first-order valence-corrected chi connectivity index (χ1v) is 12.0. The van der Waals surface area contributed by atoms with E-state index >= 15 is 4.39 Å². The number of hydrogen-bond acceptors (Lipinski definition) is 5. The van der Waals surface area contributed by atoms with E-state index in [0.29, 0.717) is 28.9 Å². The molecule has 0 aliphatic carbocycles. The lowest BCUT2D eigenvalue weighted by Crippen LogP contribution is -2.51. The van der Waals surface area contributed by atoms with Gasteiger partial charge in [-0.15, -0.1) is 5.10 Å². The number of ether oxygens (including phenoxy) is 1. The number of nitrogens with one attached hydrogen (secondary N) is 1. The molecule has 4 aromatic rings. The SMILES string of the molecule is CCC(C)(C)NC(=O)[C@H](c1ccccc1F)N(C(=O)Cn1nnc2ccccc21)c1ccc(OC)cc1. The van der Waals surface area contributed by atoms with Crippen molar-refractivity contribution in [3.05, 3.63) is 84.2 Å². The second-order valence-corrected chi connectivity index (χ2v) is 9.35. The molecule has 1 aromatic heterocycles. The molecule has 0 fully saturated rings. The van der Waals surface area contributed by atoms with Crippen LogP contribution in [-0.4, -0.2) is 39.5 Å². The Morgan fingerprint density at radius 2 is 1.73 bits per heavy atom. The van der Waals surface area contributed by atoms with Gasteiger partial charge in [-0.1, -0.05) is 42.5 Å². The lowest BCUT2D eigenvalue weighted by Gasteiger charge is -2.34. The van der Waals surface area contributed by atoms with Crippen molar-refractivity contribution in [2.24, 2.45) is 0 Å². The summed E-state index contributed by atoms with van der Waals surface area (Å²) in [6.07, 6.45) is 0.643. The Bertz CT molecular complexity index is 1400. The number of rotatable bonds is 9. The van der Waals surface area contributed by atoms with Gasteiger partial charge in [0, 0.05) is 16.8 Å². The second-order valence-electron chi connectivity index (χ2n) is 9.35. The molecule has 2 amide bonds. The predicted molar refractivity (Wildman–Crippen MR) is 140 cm³/mol. The fourth-order valence-electron chi connectivity index (χ4n) is 4.00. The fourth-order valence-corrected chi connectivity index (χ4v) is 4.00. The van der Waals surface area contributed by atoms with Crippen molar-refractivity contribution in [3.8, 4) is 5.75 Å². The number of nitrogens with zero attached hydrogens (tertiary/aromatic N) is 4. The van der Waals surface area contributed by atoms with Crippen LogP contribution in [0, 0.1) is 5.82 Å². The van der Waals surface area contributed by atoms with Gasteiger partial charge in [0.15, 0.2) is 0 Å². The number of aromatic nitrogens is 3. The molecule has 9 heteroatoms. The predicted octanol–water partition coefficient (Wildman–Crippen LogP) is 4.66. The Balaban J connectivity index is 1.83. The van der Waals surface area contributed by atoms with E-state index in [9.17, 15) is 9.59 Å². The summed E-state index contributed by atoms with van der Waals surface area (Å²) in [5.74, 6) is -0.963. The minimum Gasteiger partial charge on any atom is -0.497 e. The molecule has 192 valence electrons. The smallest absolute Gasteiger partial charge is 0.249 e. The Morgan fingerprint density at radius 3 is 2.41 bits per heavy atom. The van der Waals surface area contributed by atoms with E-state index in [1.807, 2.05) is 39.0 Å². The van der Waals surface area contributed by atoms with Crippen molar-refractivity contribution >= 4 is 28.5 Å². The number of benzene rings is 3. The molecule has 0 bridgehead atoms. The van der Waals surface area contributed by atoms with E-state index < -0.39 is 29.2 Å². The van der Waals surface area contributed by atoms with Gasteiger partial charge >= 0.3 is 0 Å². The maximum absolute atomic E-state index is 15.2.